The molecular weight excluding hydrogens is 162 g/mol. The van der Waals surface area contributed by atoms with Crippen LogP contribution in [0.15, 0.2) is 18.3 Å². The second-order valence-electron chi connectivity index (χ2n) is 3.52. The predicted octanol–water partition coefficient (Wildman–Crippen LogP) is 0.791. The van der Waals surface area contributed by atoms with E-state index in [-0.39, 0.29) is 0 Å². The van der Waals surface area contributed by atoms with Gasteiger partial charge in [0.15, 0.2) is 0 Å². The summed E-state index contributed by atoms with van der Waals surface area (Å²) in [7, 11) is 0. The molecule has 0 saturated carbocycles. The average molecular weight is 177 g/mol. The maximum atomic E-state index is 5.72. The van der Waals surface area contributed by atoms with Crippen LogP contribution in [0, 0.1) is 0 Å². The summed E-state index contributed by atoms with van der Waals surface area (Å²) in [6, 6.07) is 4.55. The number of nitrogens with two attached hydrogens (primary N) is 1. The summed E-state index contributed by atoms with van der Waals surface area (Å²) in [6.07, 6.45) is 2.87. The van der Waals surface area contributed by atoms with Crippen molar-refractivity contribution in [3.63, 3.8) is 0 Å². The van der Waals surface area contributed by atoms with Gasteiger partial charge >= 0.3 is 0 Å². The predicted molar refractivity (Wildman–Crippen MR) is 53.8 cm³/mol. The molecule has 0 atom stereocenters. The number of aromatic nitrogens is 1. The molecule has 1 aliphatic rings. The zero-order valence-corrected chi connectivity index (χ0v) is 7.90. The zero-order chi connectivity index (χ0) is 9.26. The van der Waals surface area contributed by atoms with E-state index in [0.717, 1.165) is 25.2 Å². The molecule has 2 heterocycles. The summed E-state index contributed by atoms with van der Waals surface area (Å²) >= 11 is 0. The number of nitrogens with zero attached hydrogens (tertiary/aromatic N) is 2. The van der Waals surface area contributed by atoms with Gasteiger partial charge in [0.25, 0.3) is 0 Å². The fourth-order valence-corrected chi connectivity index (χ4v) is 1.58. The van der Waals surface area contributed by atoms with Crippen LogP contribution in [-0.2, 0) is 6.42 Å². The number of aryl methyl sites for hydroxylation is 1. The van der Waals surface area contributed by atoms with Gasteiger partial charge in [0, 0.05) is 36.7 Å². The second kappa shape index (κ2) is 3.34. The largest absolute Gasteiger partial charge is 0.368 e. The van der Waals surface area contributed by atoms with Crippen LogP contribution in [0.4, 0.5) is 5.69 Å². The highest BCUT2D eigenvalue weighted by Crippen LogP contribution is 2.19. The van der Waals surface area contributed by atoms with Crippen molar-refractivity contribution in [2.24, 2.45) is 5.73 Å². The van der Waals surface area contributed by atoms with E-state index in [1.165, 1.54) is 5.69 Å². The quantitative estimate of drug-likeness (QED) is 0.726. The molecule has 1 fully saturated rings. The van der Waals surface area contributed by atoms with Crippen molar-refractivity contribution in [2.45, 2.75) is 19.4 Å². The molecule has 3 heteroatoms. The first-order chi connectivity index (χ1) is 6.29. The van der Waals surface area contributed by atoms with Crippen LogP contribution in [0.3, 0.4) is 0 Å². The van der Waals surface area contributed by atoms with E-state index in [0.29, 0.717) is 6.04 Å². The van der Waals surface area contributed by atoms with Gasteiger partial charge < -0.3 is 10.6 Å². The Hall–Kier alpha value is -1.09. The molecular formula is C10H15N3. The van der Waals surface area contributed by atoms with Crippen LogP contribution in [0.25, 0.3) is 0 Å². The van der Waals surface area contributed by atoms with E-state index < -0.39 is 0 Å². The molecule has 1 aliphatic heterocycles. The Kier molecular flexibility index (Phi) is 2.19. The van der Waals surface area contributed by atoms with Gasteiger partial charge in [-0.1, -0.05) is 6.92 Å². The van der Waals surface area contributed by atoms with Crippen LogP contribution in [0.1, 0.15) is 12.6 Å². The fraction of sp³-hybridized carbons (Fsp3) is 0.500. The van der Waals surface area contributed by atoms with Gasteiger partial charge in [-0.25, -0.2) is 0 Å². The Morgan fingerprint density at radius 2 is 2.38 bits per heavy atom. The van der Waals surface area contributed by atoms with E-state index in [1.54, 1.807) is 0 Å². The van der Waals surface area contributed by atoms with Crippen LogP contribution in [0.2, 0.25) is 0 Å². The van der Waals surface area contributed by atoms with Crippen molar-refractivity contribution >= 4 is 5.69 Å². The van der Waals surface area contributed by atoms with Gasteiger partial charge in [0.2, 0.25) is 0 Å². The maximum Gasteiger partial charge on any atom is 0.0421 e. The molecule has 0 aliphatic carbocycles. The summed E-state index contributed by atoms with van der Waals surface area (Å²) in [5, 5.41) is 0. The second-order valence-corrected chi connectivity index (χ2v) is 3.52. The molecule has 3 nitrogen and oxygen atoms in total. The van der Waals surface area contributed by atoms with Crippen LogP contribution >= 0.6 is 0 Å². The van der Waals surface area contributed by atoms with Crippen molar-refractivity contribution in [1.29, 1.82) is 0 Å². The zero-order valence-electron chi connectivity index (χ0n) is 7.90. The molecule has 1 aromatic heterocycles. The van der Waals surface area contributed by atoms with Gasteiger partial charge in [-0.15, -0.1) is 0 Å². The third kappa shape index (κ3) is 1.65. The Bertz CT molecular complexity index is 292. The number of hydrogen-bond acceptors (Lipinski definition) is 3. The van der Waals surface area contributed by atoms with Crippen molar-refractivity contribution in [1.82, 2.24) is 4.98 Å². The molecule has 2 N–H and O–H groups in total. The standard InChI is InChI=1S/C10H15N3/c1-2-9-5-10(3-4-12-9)13-6-8(11)7-13/h3-5,8H,2,6-7,11H2,1H3. The first kappa shape index (κ1) is 8.51. The third-order valence-electron chi connectivity index (χ3n) is 2.44. The smallest absolute Gasteiger partial charge is 0.0421 e. The Balaban J connectivity index is 2.12. The van der Waals surface area contributed by atoms with Crippen molar-refractivity contribution in [2.75, 3.05) is 18.0 Å². The summed E-state index contributed by atoms with van der Waals surface area (Å²) in [4.78, 5) is 6.54. The number of pyridine rings is 1. The van der Waals surface area contributed by atoms with Crippen molar-refractivity contribution in [3.8, 4) is 0 Å². The normalized spacial score (nSPS) is 17.2. The molecule has 13 heavy (non-hydrogen) atoms. The van der Waals surface area contributed by atoms with E-state index in [9.17, 15) is 0 Å². The average Bonchev–Trinajstić information content (AvgIpc) is 2.13. The minimum Gasteiger partial charge on any atom is -0.368 e. The summed E-state index contributed by atoms with van der Waals surface area (Å²) in [5.41, 5.74) is 8.13. The van der Waals surface area contributed by atoms with Gasteiger partial charge in [0.05, 0.1) is 0 Å². The summed E-state index contributed by atoms with van der Waals surface area (Å²) in [6.45, 7) is 4.08. The lowest BCUT2D eigenvalue weighted by atomic mass is 10.1. The molecule has 0 spiro atoms. The Morgan fingerprint density at radius 3 is 3.00 bits per heavy atom. The monoisotopic (exact) mass is 177 g/mol. The minimum atomic E-state index is 0.359. The van der Waals surface area contributed by atoms with Gasteiger partial charge in [-0.05, 0) is 18.6 Å². The van der Waals surface area contributed by atoms with Crippen LogP contribution < -0.4 is 10.6 Å². The highest BCUT2D eigenvalue weighted by Gasteiger charge is 2.22. The lowest BCUT2D eigenvalue weighted by Crippen LogP contribution is -2.55. The summed E-state index contributed by atoms with van der Waals surface area (Å²) in [5.74, 6) is 0. The SMILES string of the molecule is CCc1cc(N2CC(N)C2)ccn1. The van der Waals surface area contributed by atoms with Gasteiger partial charge in [-0.3, -0.25) is 4.98 Å². The number of anilines is 1. The molecule has 0 amide bonds. The fourth-order valence-electron chi connectivity index (χ4n) is 1.58. The van der Waals surface area contributed by atoms with E-state index in [1.807, 2.05) is 12.3 Å². The molecule has 0 bridgehead atoms. The van der Waals surface area contributed by atoms with E-state index in [2.05, 4.69) is 22.9 Å². The highest BCUT2D eigenvalue weighted by molar-refractivity contribution is 5.49. The molecule has 0 unspecified atom stereocenters. The molecule has 0 radical (unpaired) electrons. The molecule has 2 rings (SSSR count). The first-order valence-electron chi connectivity index (χ1n) is 4.75. The minimum absolute atomic E-state index is 0.359. The molecule has 0 aromatic carbocycles. The number of hydrogen-bond donors (Lipinski definition) is 1. The molecule has 70 valence electrons. The Morgan fingerprint density at radius 1 is 1.62 bits per heavy atom. The van der Waals surface area contributed by atoms with E-state index in [4.69, 9.17) is 5.73 Å². The molecule has 1 saturated heterocycles. The number of rotatable bonds is 2. The van der Waals surface area contributed by atoms with Crippen molar-refractivity contribution in [3.05, 3.63) is 24.0 Å². The Labute approximate surface area is 78.6 Å². The third-order valence-corrected chi connectivity index (χ3v) is 2.44. The summed E-state index contributed by atoms with van der Waals surface area (Å²) < 4.78 is 0. The highest BCUT2D eigenvalue weighted by atomic mass is 15.2. The topological polar surface area (TPSA) is 42.1 Å². The van der Waals surface area contributed by atoms with E-state index >= 15 is 0 Å². The lowest BCUT2D eigenvalue weighted by molar-refractivity contribution is 0.519. The lowest BCUT2D eigenvalue weighted by Gasteiger charge is -2.38. The van der Waals surface area contributed by atoms with Crippen molar-refractivity contribution < 1.29 is 0 Å². The first-order valence-corrected chi connectivity index (χ1v) is 4.75. The van der Waals surface area contributed by atoms with Crippen LogP contribution in [-0.4, -0.2) is 24.1 Å². The van der Waals surface area contributed by atoms with Crippen LogP contribution in [0.5, 0.6) is 0 Å². The maximum absolute atomic E-state index is 5.72. The molecule has 1 aromatic rings. The van der Waals surface area contributed by atoms with Gasteiger partial charge in [0.1, 0.15) is 0 Å². The van der Waals surface area contributed by atoms with Gasteiger partial charge in [-0.2, -0.15) is 0 Å².